The molecule has 1 saturated heterocycles. The Labute approximate surface area is 211 Å². The van der Waals surface area contributed by atoms with Gasteiger partial charge in [0.15, 0.2) is 0 Å². The lowest BCUT2D eigenvalue weighted by atomic mass is 10.0. The third kappa shape index (κ3) is 8.04. The molecule has 3 N–H and O–H groups in total. The zero-order valence-electron chi connectivity index (χ0n) is 20.1. The summed E-state index contributed by atoms with van der Waals surface area (Å²) in [6.45, 7) is 6.58. The van der Waals surface area contributed by atoms with Gasteiger partial charge in [0.05, 0.1) is 25.2 Å². The number of aliphatic carboxylic acids is 1. The lowest BCUT2D eigenvalue weighted by Crippen LogP contribution is -2.42. The highest BCUT2D eigenvalue weighted by molar-refractivity contribution is 7.10. The summed E-state index contributed by atoms with van der Waals surface area (Å²) in [5.74, 6) is -0.798. The first kappa shape index (κ1) is 27.1. The molecule has 0 radical (unpaired) electrons. The van der Waals surface area contributed by atoms with Crippen LogP contribution in [0.2, 0.25) is 5.02 Å². The standard InChI is InChI=1S/C26H37ClN2O4S/c1-3-20-13-19(6-7-24(20)27)14-21-5-4-11-29(21)17-28-15-22(30)16-33-18(2)23-10-12-34-25(23)8-9-26(31)32/h6-7,10,12-13,18,21-22,28,30H,3-5,8-9,11,14-17H2,1-2H3,(H,31,32)/t18?,21-,22+/m0/s1. The Morgan fingerprint density at radius 3 is 2.97 bits per heavy atom. The zero-order valence-corrected chi connectivity index (χ0v) is 21.7. The van der Waals surface area contributed by atoms with E-state index in [-0.39, 0.29) is 19.1 Å². The number of aliphatic hydroxyl groups is 1. The van der Waals surface area contributed by atoms with Crippen LogP contribution < -0.4 is 5.32 Å². The zero-order chi connectivity index (χ0) is 24.5. The summed E-state index contributed by atoms with van der Waals surface area (Å²) in [5, 5.41) is 25.5. The Kier molecular flexibility index (Phi) is 10.8. The van der Waals surface area contributed by atoms with E-state index in [1.165, 1.54) is 24.0 Å². The number of carboxylic acid groups (broad SMARTS) is 1. The number of likely N-dealkylation sites (tertiary alicyclic amines) is 1. The van der Waals surface area contributed by atoms with Crippen LogP contribution >= 0.6 is 22.9 Å². The second-order valence-corrected chi connectivity index (χ2v) is 10.4. The highest BCUT2D eigenvalue weighted by atomic mass is 35.5. The fourth-order valence-electron chi connectivity index (χ4n) is 4.55. The number of benzene rings is 1. The van der Waals surface area contributed by atoms with Crippen molar-refractivity contribution in [1.82, 2.24) is 10.2 Å². The second kappa shape index (κ2) is 13.6. The van der Waals surface area contributed by atoms with Gasteiger partial charge in [0.2, 0.25) is 0 Å². The van der Waals surface area contributed by atoms with E-state index in [4.69, 9.17) is 21.4 Å². The second-order valence-electron chi connectivity index (χ2n) is 9.03. The SMILES string of the molecule is CCc1cc(C[C@@H]2CCCN2CNC[C@@H](O)COC(C)c2ccsc2CCC(=O)O)ccc1Cl. The Morgan fingerprint density at radius 1 is 1.38 bits per heavy atom. The lowest BCUT2D eigenvalue weighted by molar-refractivity contribution is -0.136. The molecular formula is C26H37ClN2O4S. The number of halogens is 1. The highest BCUT2D eigenvalue weighted by Gasteiger charge is 2.24. The number of hydrogen-bond acceptors (Lipinski definition) is 6. The van der Waals surface area contributed by atoms with E-state index < -0.39 is 12.1 Å². The van der Waals surface area contributed by atoms with Gasteiger partial charge < -0.3 is 20.3 Å². The predicted octanol–water partition coefficient (Wildman–Crippen LogP) is 4.67. The number of nitrogens with one attached hydrogen (secondary N) is 1. The first-order chi connectivity index (χ1) is 16.4. The molecule has 6 nitrogen and oxygen atoms in total. The van der Waals surface area contributed by atoms with Gasteiger partial charge in [0.25, 0.3) is 0 Å². The van der Waals surface area contributed by atoms with E-state index in [9.17, 15) is 9.90 Å². The van der Waals surface area contributed by atoms with Crippen LogP contribution in [0.5, 0.6) is 0 Å². The summed E-state index contributed by atoms with van der Waals surface area (Å²) in [5.41, 5.74) is 3.55. The van der Waals surface area contributed by atoms with Crippen molar-refractivity contribution in [2.24, 2.45) is 0 Å². The van der Waals surface area contributed by atoms with Crippen LogP contribution in [-0.4, -0.2) is 59.6 Å². The van der Waals surface area contributed by atoms with Gasteiger partial charge in [0.1, 0.15) is 0 Å². The number of carbonyl (C=O) groups is 1. The number of rotatable bonds is 14. The molecule has 1 aliphatic heterocycles. The molecule has 2 heterocycles. The molecule has 3 atom stereocenters. The molecule has 0 amide bonds. The van der Waals surface area contributed by atoms with E-state index >= 15 is 0 Å². The molecule has 1 aliphatic rings. The molecule has 0 saturated carbocycles. The van der Waals surface area contributed by atoms with Crippen LogP contribution in [-0.2, 0) is 28.8 Å². The van der Waals surface area contributed by atoms with E-state index in [1.807, 2.05) is 24.4 Å². The molecule has 1 aromatic carbocycles. The van der Waals surface area contributed by atoms with E-state index in [0.29, 0.717) is 19.0 Å². The maximum absolute atomic E-state index is 10.9. The van der Waals surface area contributed by atoms with Crippen molar-refractivity contribution < 1.29 is 19.7 Å². The predicted molar refractivity (Wildman–Crippen MR) is 138 cm³/mol. The molecule has 1 aromatic heterocycles. The molecule has 1 fully saturated rings. The first-order valence-corrected chi connectivity index (χ1v) is 13.4. The van der Waals surface area contributed by atoms with Crippen LogP contribution in [0.3, 0.4) is 0 Å². The molecule has 34 heavy (non-hydrogen) atoms. The average molecular weight is 509 g/mol. The fraction of sp³-hybridized carbons (Fsp3) is 0.577. The monoisotopic (exact) mass is 508 g/mol. The number of hydrogen-bond donors (Lipinski definition) is 3. The largest absolute Gasteiger partial charge is 0.481 e. The molecule has 2 aromatic rings. The Hall–Kier alpha value is -1.48. The number of aliphatic hydroxyl groups excluding tert-OH is 1. The maximum atomic E-state index is 10.9. The Bertz CT molecular complexity index is 922. The summed E-state index contributed by atoms with van der Waals surface area (Å²) in [6.07, 6.45) is 4.16. The topological polar surface area (TPSA) is 82.0 Å². The molecule has 0 spiro atoms. The number of aryl methyl sites for hydroxylation is 2. The quantitative estimate of drug-likeness (QED) is 0.344. The van der Waals surface area contributed by atoms with Gasteiger partial charge in [-0.3, -0.25) is 9.69 Å². The molecule has 8 heteroatoms. The van der Waals surface area contributed by atoms with Crippen LogP contribution in [0.15, 0.2) is 29.6 Å². The molecule has 0 aliphatic carbocycles. The molecular weight excluding hydrogens is 472 g/mol. The lowest BCUT2D eigenvalue weighted by Gasteiger charge is -2.26. The normalized spacial score (nSPS) is 18.3. The third-order valence-corrected chi connectivity index (χ3v) is 7.84. The van der Waals surface area contributed by atoms with Gasteiger partial charge >= 0.3 is 5.97 Å². The summed E-state index contributed by atoms with van der Waals surface area (Å²) in [7, 11) is 0. The maximum Gasteiger partial charge on any atom is 0.303 e. The van der Waals surface area contributed by atoms with Crippen LogP contribution in [0, 0.1) is 0 Å². The van der Waals surface area contributed by atoms with Gasteiger partial charge in [-0.2, -0.15) is 0 Å². The number of thiophene rings is 1. The van der Waals surface area contributed by atoms with Gasteiger partial charge in [-0.1, -0.05) is 30.7 Å². The van der Waals surface area contributed by atoms with Gasteiger partial charge in [-0.15, -0.1) is 11.3 Å². The molecule has 188 valence electrons. The van der Waals surface area contributed by atoms with Crippen molar-refractivity contribution >= 4 is 28.9 Å². The summed E-state index contributed by atoms with van der Waals surface area (Å²) in [6, 6.07) is 8.85. The fourth-order valence-corrected chi connectivity index (χ4v) is 5.77. The van der Waals surface area contributed by atoms with E-state index in [0.717, 1.165) is 41.5 Å². The number of carboxylic acids is 1. The molecule has 0 bridgehead atoms. The van der Waals surface area contributed by atoms with Crippen molar-refractivity contribution in [2.45, 2.75) is 70.6 Å². The van der Waals surface area contributed by atoms with Crippen molar-refractivity contribution in [3.63, 3.8) is 0 Å². The Balaban J connectivity index is 1.39. The highest BCUT2D eigenvalue weighted by Crippen LogP contribution is 2.27. The van der Waals surface area contributed by atoms with Crippen LogP contribution in [0.1, 0.15) is 60.8 Å². The Morgan fingerprint density at radius 2 is 2.21 bits per heavy atom. The minimum Gasteiger partial charge on any atom is -0.481 e. The van der Waals surface area contributed by atoms with Crippen molar-refractivity contribution in [1.29, 1.82) is 0 Å². The number of nitrogens with zero attached hydrogens (tertiary/aromatic N) is 1. The summed E-state index contributed by atoms with van der Waals surface area (Å²) < 4.78 is 5.89. The van der Waals surface area contributed by atoms with Gasteiger partial charge in [-0.25, -0.2) is 0 Å². The smallest absolute Gasteiger partial charge is 0.303 e. The summed E-state index contributed by atoms with van der Waals surface area (Å²) >= 11 is 7.83. The van der Waals surface area contributed by atoms with Crippen molar-refractivity contribution in [3.05, 3.63) is 56.2 Å². The minimum absolute atomic E-state index is 0.113. The van der Waals surface area contributed by atoms with Gasteiger partial charge in [0, 0.05) is 29.2 Å². The number of ether oxygens (including phenoxy) is 1. The first-order valence-electron chi connectivity index (χ1n) is 12.2. The third-order valence-electron chi connectivity index (χ3n) is 6.48. The van der Waals surface area contributed by atoms with Crippen LogP contribution in [0.4, 0.5) is 0 Å². The minimum atomic E-state index is -0.798. The van der Waals surface area contributed by atoms with E-state index in [2.05, 4.69) is 29.3 Å². The average Bonchev–Trinajstić information content (AvgIpc) is 3.47. The van der Waals surface area contributed by atoms with Crippen molar-refractivity contribution in [3.8, 4) is 0 Å². The van der Waals surface area contributed by atoms with Crippen molar-refractivity contribution in [2.75, 3.05) is 26.4 Å². The molecule has 1 unspecified atom stereocenters. The van der Waals surface area contributed by atoms with Crippen LogP contribution in [0.25, 0.3) is 0 Å². The molecule has 3 rings (SSSR count). The summed E-state index contributed by atoms with van der Waals surface area (Å²) in [4.78, 5) is 14.4. The van der Waals surface area contributed by atoms with E-state index in [1.54, 1.807) is 11.3 Å². The van der Waals surface area contributed by atoms with Gasteiger partial charge in [-0.05, 0) is 79.8 Å².